The van der Waals surface area contributed by atoms with Gasteiger partial charge in [0.25, 0.3) is 0 Å². The Morgan fingerprint density at radius 1 is 1.26 bits per heavy atom. The Hall–Kier alpha value is -1.79. The van der Waals surface area contributed by atoms with Gasteiger partial charge in [-0.05, 0) is 23.8 Å². The van der Waals surface area contributed by atoms with E-state index in [0.29, 0.717) is 18.1 Å². The summed E-state index contributed by atoms with van der Waals surface area (Å²) in [5.41, 5.74) is 2.14. The molecular weight excluding hydrogens is 385 g/mol. The lowest BCUT2D eigenvalue weighted by Gasteiger charge is -2.36. The predicted octanol–water partition coefficient (Wildman–Crippen LogP) is 3.03. The molecule has 1 atom stereocenters. The molecule has 27 heavy (non-hydrogen) atoms. The number of amides is 1. The average molecular weight is 410 g/mol. The monoisotopic (exact) mass is 409 g/mol. The number of methoxy groups -OCH3 is 1. The lowest BCUT2D eigenvalue weighted by molar-refractivity contribution is -0.123. The van der Waals surface area contributed by atoms with E-state index < -0.39 is 0 Å². The van der Waals surface area contributed by atoms with Crippen LogP contribution in [0.1, 0.15) is 17.2 Å². The van der Waals surface area contributed by atoms with Crippen LogP contribution in [0, 0.1) is 0 Å². The zero-order valence-corrected chi connectivity index (χ0v) is 16.9. The molecule has 0 aromatic heterocycles. The summed E-state index contributed by atoms with van der Waals surface area (Å²) in [5.74, 6) is 0.870. The Morgan fingerprint density at radius 3 is 2.74 bits per heavy atom. The van der Waals surface area contributed by atoms with E-state index in [1.54, 1.807) is 7.11 Å². The number of carbonyl (C=O) groups excluding carboxylic acids is 1. The van der Waals surface area contributed by atoms with Crippen molar-refractivity contribution in [1.29, 1.82) is 0 Å². The van der Waals surface area contributed by atoms with Crippen molar-refractivity contribution in [2.24, 2.45) is 0 Å². The van der Waals surface area contributed by atoms with Gasteiger partial charge in [0.2, 0.25) is 5.91 Å². The van der Waals surface area contributed by atoms with Crippen LogP contribution in [0.3, 0.4) is 0 Å². The van der Waals surface area contributed by atoms with E-state index >= 15 is 0 Å². The number of nitrogens with zero attached hydrogens (tertiary/aromatic N) is 1. The van der Waals surface area contributed by atoms with Crippen LogP contribution in [0.2, 0.25) is 5.02 Å². The molecule has 1 amide bonds. The van der Waals surface area contributed by atoms with E-state index in [4.69, 9.17) is 16.3 Å². The van der Waals surface area contributed by atoms with Gasteiger partial charge in [-0.25, -0.2) is 0 Å². The van der Waals surface area contributed by atoms with Crippen molar-refractivity contribution in [3.63, 3.8) is 0 Å². The first-order valence-electron chi connectivity index (χ1n) is 8.76. The van der Waals surface area contributed by atoms with Gasteiger partial charge < -0.3 is 15.4 Å². The normalized spacial score (nSPS) is 17.0. The Morgan fingerprint density at radius 2 is 2.00 bits per heavy atom. The molecule has 1 unspecified atom stereocenters. The molecule has 0 radical (unpaired) electrons. The second-order valence-corrected chi connectivity index (χ2v) is 6.77. The van der Waals surface area contributed by atoms with Gasteiger partial charge in [0, 0.05) is 36.8 Å². The number of rotatable bonds is 6. The molecule has 1 heterocycles. The maximum absolute atomic E-state index is 12.5. The molecule has 1 aliphatic rings. The number of carbonyl (C=O) groups is 1. The molecule has 0 spiro atoms. The Bertz CT molecular complexity index is 740. The van der Waals surface area contributed by atoms with Crippen molar-refractivity contribution in [2.45, 2.75) is 12.6 Å². The van der Waals surface area contributed by atoms with Gasteiger partial charge in [-0.15, -0.1) is 12.4 Å². The molecule has 5 nitrogen and oxygen atoms in total. The minimum absolute atomic E-state index is 0. The maximum atomic E-state index is 12.5. The van der Waals surface area contributed by atoms with Crippen LogP contribution >= 0.6 is 24.0 Å². The minimum atomic E-state index is 0. The first kappa shape index (κ1) is 21.5. The SMILES string of the molecule is COc1ccccc1C1CNCCN1CC(=O)NCc1ccc(Cl)cc1.Cl. The van der Waals surface area contributed by atoms with E-state index in [-0.39, 0.29) is 24.4 Å². The summed E-state index contributed by atoms with van der Waals surface area (Å²) < 4.78 is 5.50. The van der Waals surface area contributed by atoms with Gasteiger partial charge in [0.1, 0.15) is 5.75 Å². The van der Waals surface area contributed by atoms with Crippen molar-refractivity contribution in [3.8, 4) is 5.75 Å². The van der Waals surface area contributed by atoms with Crippen LogP contribution < -0.4 is 15.4 Å². The smallest absolute Gasteiger partial charge is 0.234 e. The third-order valence-corrected chi connectivity index (χ3v) is 4.85. The molecule has 7 heteroatoms. The molecule has 3 rings (SSSR count). The highest BCUT2D eigenvalue weighted by Crippen LogP contribution is 2.29. The molecule has 0 saturated carbocycles. The van der Waals surface area contributed by atoms with E-state index in [1.807, 2.05) is 42.5 Å². The summed E-state index contributed by atoms with van der Waals surface area (Å²) in [6.07, 6.45) is 0. The van der Waals surface area contributed by atoms with Crippen molar-refractivity contribution < 1.29 is 9.53 Å². The van der Waals surface area contributed by atoms with Crippen LogP contribution in [0.5, 0.6) is 5.75 Å². The van der Waals surface area contributed by atoms with Gasteiger partial charge in [-0.3, -0.25) is 9.69 Å². The molecule has 1 aliphatic heterocycles. The molecule has 1 saturated heterocycles. The predicted molar refractivity (Wildman–Crippen MR) is 111 cm³/mol. The fourth-order valence-electron chi connectivity index (χ4n) is 3.23. The summed E-state index contributed by atoms with van der Waals surface area (Å²) in [7, 11) is 1.68. The van der Waals surface area contributed by atoms with E-state index in [9.17, 15) is 4.79 Å². The number of ether oxygens (including phenoxy) is 1. The second kappa shape index (κ2) is 10.5. The number of benzene rings is 2. The highest BCUT2D eigenvalue weighted by molar-refractivity contribution is 6.30. The minimum Gasteiger partial charge on any atom is -0.496 e. The van der Waals surface area contributed by atoms with Gasteiger partial charge in [0.15, 0.2) is 0 Å². The Balaban J connectivity index is 0.00000261. The van der Waals surface area contributed by atoms with Crippen LogP contribution in [0.15, 0.2) is 48.5 Å². The summed E-state index contributed by atoms with van der Waals surface area (Å²) in [6.45, 7) is 3.34. The third kappa shape index (κ3) is 5.84. The van der Waals surface area contributed by atoms with Crippen molar-refractivity contribution in [1.82, 2.24) is 15.5 Å². The van der Waals surface area contributed by atoms with Crippen molar-refractivity contribution >= 4 is 29.9 Å². The van der Waals surface area contributed by atoms with Crippen LogP contribution in [-0.4, -0.2) is 44.1 Å². The van der Waals surface area contributed by atoms with Crippen LogP contribution in [-0.2, 0) is 11.3 Å². The number of hydrogen-bond acceptors (Lipinski definition) is 4. The lowest BCUT2D eigenvalue weighted by atomic mass is 10.0. The van der Waals surface area contributed by atoms with Crippen molar-refractivity contribution in [2.75, 3.05) is 33.3 Å². The molecular formula is C20H25Cl2N3O2. The third-order valence-electron chi connectivity index (χ3n) is 4.60. The fourth-order valence-corrected chi connectivity index (χ4v) is 3.35. The summed E-state index contributed by atoms with van der Waals surface area (Å²) in [4.78, 5) is 14.7. The molecule has 146 valence electrons. The van der Waals surface area contributed by atoms with E-state index in [1.165, 1.54) is 0 Å². The highest BCUT2D eigenvalue weighted by atomic mass is 35.5. The van der Waals surface area contributed by atoms with Gasteiger partial charge >= 0.3 is 0 Å². The molecule has 0 bridgehead atoms. The van der Waals surface area contributed by atoms with E-state index in [0.717, 1.165) is 36.5 Å². The zero-order valence-electron chi connectivity index (χ0n) is 15.3. The van der Waals surface area contributed by atoms with Crippen LogP contribution in [0.25, 0.3) is 0 Å². The average Bonchev–Trinajstić information content (AvgIpc) is 2.68. The number of hydrogen-bond donors (Lipinski definition) is 2. The lowest BCUT2D eigenvalue weighted by Crippen LogP contribution is -2.49. The second-order valence-electron chi connectivity index (χ2n) is 6.34. The Kier molecular flexibility index (Phi) is 8.38. The van der Waals surface area contributed by atoms with Crippen molar-refractivity contribution in [3.05, 3.63) is 64.7 Å². The Labute approximate surface area is 171 Å². The topological polar surface area (TPSA) is 53.6 Å². The number of halogens is 2. The largest absolute Gasteiger partial charge is 0.496 e. The van der Waals surface area contributed by atoms with E-state index in [2.05, 4.69) is 21.6 Å². The van der Waals surface area contributed by atoms with Gasteiger partial charge in [-0.1, -0.05) is 41.9 Å². The quantitative estimate of drug-likeness (QED) is 0.769. The molecule has 2 aromatic carbocycles. The van der Waals surface area contributed by atoms with Crippen LogP contribution in [0.4, 0.5) is 0 Å². The maximum Gasteiger partial charge on any atom is 0.234 e. The van der Waals surface area contributed by atoms with Gasteiger partial charge in [0.05, 0.1) is 19.7 Å². The summed E-state index contributed by atoms with van der Waals surface area (Å²) >= 11 is 5.89. The standard InChI is InChI=1S/C20H24ClN3O2.ClH/c1-26-19-5-3-2-4-17(19)18-13-22-10-11-24(18)14-20(25)23-12-15-6-8-16(21)9-7-15;/h2-9,18,22H,10-14H2,1H3,(H,23,25);1H. The fraction of sp³-hybridized carbons (Fsp3) is 0.350. The van der Waals surface area contributed by atoms with Gasteiger partial charge in [-0.2, -0.15) is 0 Å². The molecule has 0 aliphatic carbocycles. The number of para-hydroxylation sites is 1. The first-order chi connectivity index (χ1) is 12.7. The number of nitrogens with one attached hydrogen (secondary N) is 2. The summed E-state index contributed by atoms with van der Waals surface area (Å²) in [6, 6.07) is 15.6. The number of piperazine rings is 1. The molecule has 1 fully saturated rings. The summed E-state index contributed by atoms with van der Waals surface area (Å²) in [5, 5.41) is 7.10. The molecule has 2 N–H and O–H groups in total. The highest BCUT2D eigenvalue weighted by Gasteiger charge is 2.27. The zero-order chi connectivity index (χ0) is 18.4. The first-order valence-corrected chi connectivity index (χ1v) is 9.14. The molecule has 2 aromatic rings.